The predicted molar refractivity (Wildman–Crippen MR) is 92.8 cm³/mol. The van der Waals surface area contributed by atoms with Gasteiger partial charge in [-0.3, -0.25) is 0 Å². The number of nitrogens with one attached hydrogen (secondary N) is 2. The van der Waals surface area contributed by atoms with Crippen LogP contribution in [0.2, 0.25) is 0 Å². The van der Waals surface area contributed by atoms with Crippen LogP contribution in [0.25, 0.3) is 0 Å². The normalized spacial score (nSPS) is 16.6. The van der Waals surface area contributed by atoms with Gasteiger partial charge in [0.05, 0.1) is 29.5 Å². The zero-order valence-electron chi connectivity index (χ0n) is 15.6. The van der Waals surface area contributed by atoms with Crippen molar-refractivity contribution in [3.05, 3.63) is 41.1 Å². The molecule has 8 nitrogen and oxygen atoms in total. The monoisotopic (exact) mass is 416 g/mol. The number of carbonyl (C=O) groups is 3. The van der Waals surface area contributed by atoms with Gasteiger partial charge in [-0.2, -0.15) is 0 Å². The summed E-state index contributed by atoms with van der Waals surface area (Å²) in [6.45, 7) is 3.06. The number of urea groups is 1. The van der Waals surface area contributed by atoms with Crippen LogP contribution in [-0.2, 0) is 14.3 Å². The molecule has 2 rings (SSSR count). The molecule has 0 saturated carbocycles. The van der Waals surface area contributed by atoms with E-state index in [1.165, 1.54) is 0 Å². The molecule has 1 aliphatic rings. The Morgan fingerprint density at radius 3 is 2.28 bits per heavy atom. The van der Waals surface area contributed by atoms with Crippen molar-refractivity contribution in [2.75, 3.05) is 13.2 Å². The van der Waals surface area contributed by atoms with Crippen LogP contribution in [0.4, 0.5) is 18.0 Å². The van der Waals surface area contributed by atoms with Gasteiger partial charge in [-0.25, -0.2) is 14.4 Å². The lowest BCUT2D eigenvalue weighted by Gasteiger charge is -2.28. The molecular weight excluding hydrogens is 397 g/mol. The van der Waals surface area contributed by atoms with Gasteiger partial charge in [-0.1, -0.05) is 6.92 Å². The smallest absolute Gasteiger partial charge is 0.463 e. The Bertz CT molecular complexity index is 805. The van der Waals surface area contributed by atoms with Crippen molar-refractivity contribution in [2.24, 2.45) is 0 Å². The third-order valence-corrected chi connectivity index (χ3v) is 3.82. The van der Waals surface area contributed by atoms with Gasteiger partial charge in [0.25, 0.3) is 0 Å². The zero-order chi connectivity index (χ0) is 21.6. The summed E-state index contributed by atoms with van der Waals surface area (Å²) < 4.78 is 50.4. The molecule has 2 amide bonds. The van der Waals surface area contributed by atoms with E-state index in [1.54, 1.807) is 13.8 Å². The molecule has 0 radical (unpaired) electrons. The van der Waals surface area contributed by atoms with E-state index >= 15 is 0 Å². The number of halogens is 3. The molecule has 1 aliphatic heterocycles. The fourth-order valence-corrected chi connectivity index (χ4v) is 2.59. The van der Waals surface area contributed by atoms with Crippen molar-refractivity contribution in [1.29, 1.82) is 0 Å². The summed E-state index contributed by atoms with van der Waals surface area (Å²) in [5.41, 5.74) is 0.171. The Labute approximate surface area is 164 Å². The first-order valence-electron chi connectivity index (χ1n) is 8.65. The summed E-state index contributed by atoms with van der Waals surface area (Å²) >= 11 is 0. The number of carbonyl (C=O) groups excluding carboxylic acids is 3. The van der Waals surface area contributed by atoms with E-state index in [9.17, 15) is 27.6 Å². The summed E-state index contributed by atoms with van der Waals surface area (Å²) in [6, 6.07) is 2.94. The minimum absolute atomic E-state index is 0.0369. The molecule has 0 spiro atoms. The van der Waals surface area contributed by atoms with E-state index in [2.05, 4.69) is 15.4 Å². The molecule has 0 aromatic heterocycles. The Kier molecular flexibility index (Phi) is 7.08. The number of alkyl halides is 3. The Hall–Kier alpha value is -3.24. The highest BCUT2D eigenvalue weighted by atomic mass is 19.4. The van der Waals surface area contributed by atoms with E-state index < -0.39 is 42.7 Å². The maximum atomic E-state index is 12.2. The number of hydrogen-bond donors (Lipinski definition) is 2. The largest absolute Gasteiger partial charge is 0.573 e. The molecule has 0 fully saturated rings. The Morgan fingerprint density at radius 1 is 1.07 bits per heavy atom. The van der Waals surface area contributed by atoms with Crippen LogP contribution in [0.5, 0.6) is 5.75 Å². The highest BCUT2D eigenvalue weighted by Gasteiger charge is 2.32. The third-order valence-electron chi connectivity index (χ3n) is 3.82. The van der Waals surface area contributed by atoms with Crippen LogP contribution in [0.3, 0.4) is 0 Å². The summed E-state index contributed by atoms with van der Waals surface area (Å²) in [5.74, 6) is -2.01. The summed E-state index contributed by atoms with van der Waals surface area (Å²) in [7, 11) is 0. The van der Waals surface area contributed by atoms with Crippen LogP contribution < -0.4 is 15.4 Å². The predicted octanol–water partition coefficient (Wildman–Crippen LogP) is 2.65. The number of hydrogen-bond acceptors (Lipinski definition) is 6. The number of benzene rings is 1. The van der Waals surface area contributed by atoms with Gasteiger partial charge in [-0.15, -0.1) is 13.2 Å². The molecule has 0 saturated heterocycles. The van der Waals surface area contributed by atoms with Gasteiger partial charge >= 0.3 is 24.3 Å². The fraction of sp³-hybridized carbons (Fsp3) is 0.389. The lowest BCUT2D eigenvalue weighted by atomic mass is 10.0. The minimum Gasteiger partial charge on any atom is -0.463 e. The van der Waals surface area contributed by atoms with Crippen molar-refractivity contribution in [1.82, 2.24) is 10.6 Å². The molecule has 1 aromatic rings. The third kappa shape index (κ3) is 6.13. The SMILES string of the molecule is CCOC(=O)C1=C(COC(=O)c2ccc(OC(F)(F)F)cc2)NC(=O)N[C@@H]1CC. The molecule has 158 valence electrons. The standard InChI is InChI=1S/C18H19F3N2O6/c1-3-12-14(16(25)27-4-2)13(23-17(26)22-12)9-28-15(24)10-5-7-11(8-6-10)29-18(19,20)21/h5-8,12H,3-4,9H2,1-2H3,(H2,22,23,26)/t12-/m1/s1. The van der Waals surface area contributed by atoms with E-state index in [4.69, 9.17) is 9.47 Å². The van der Waals surface area contributed by atoms with Crippen LogP contribution in [0, 0.1) is 0 Å². The maximum Gasteiger partial charge on any atom is 0.573 e. The first-order chi connectivity index (χ1) is 13.6. The Balaban J connectivity index is 2.13. The molecule has 1 aromatic carbocycles. The van der Waals surface area contributed by atoms with Gasteiger partial charge in [0, 0.05) is 0 Å². The van der Waals surface area contributed by atoms with Crippen molar-refractivity contribution >= 4 is 18.0 Å². The summed E-state index contributed by atoms with van der Waals surface area (Å²) in [5, 5.41) is 4.99. The van der Waals surface area contributed by atoms with Gasteiger partial charge in [0.1, 0.15) is 12.4 Å². The lowest BCUT2D eigenvalue weighted by molar-refractivity contribution is -0.274. The average Bonchev–Trinajstić information content (AvgIpc) is 2.64. The molecule has 29 heavy (non-hydrogen) atoms. The second-order valence-electron chi connectivity index (χ2n) is 5.82. The maximum absolute atomic E-state index is 12.2. The summed E-state index contributed by atoms with van der Waals surface area (Å²) in [6.07, 6.45) is -4.44. The molecule has 1 heterocycles. The van der Waals surface area contributed by atoms with E-state index in [0.717, 1.165) is 24.3 Å². The van der Waals surface area contributed by atoms with E-state index in [0.29, 0.717) is 6.42 Å². The van der Waals surface area contributed by atoms with Crippen LogP contribution in [-0.4, -0.2) is 43.6 Å². The average molecular weight is 416 g/mol. The molecule has 0 aliphatic carbocycles. The topological polar surface area (TPSA) is 103 Å². The van der Waals surface area contributed by atoms with Crippen molar-refractivity contribution in [3.8, 4) is 5.75 Å². The number of ether oxygens (including phenoxy) is 3. The highest BCUT2D eigenvalue weighted by Crippen LogP contribution is 2.23. The van der Waals surface area contributed by atoms with Crippen molar-refractivity contribution < 1.29 is 41.8 Å². The van der Waals surface area contributed by atoms with E-state index in [1.807, 2.05) is 0 Å². The zero-order valence-corrected chi connectivity index (χ0v) is 15.6. The van der Waals surface area contributed by atoms with Crippen molar-refractivity contribution in [2.45, 2.75) is 32.7 Å². The van der Waals surface area contributed by atoms with Crippen LogP contribution in [0.1, 0.15) is 30.6 Å². The van der Waals surface area contributed by atoms with Gasteiger partial charge in [-0.05, 0) is 37.6 Å². The van der Waals surface area contributed by atoms with E-state index in [-0.39, 0.29) is 23.4 Å². The van der Waals surface area contributed by atoms with Crippen LogP contribution in [0.15, 0.2) is 35.5 Å². The number of esters is 2. The molecule has 0 unspecified atom stereocenters. The molecule has 1 atom stereocenters. The highest BCUT2D eigenvalue weighted by molar-refractivity contribution is 5.95. The molecule has 2 N–H and O–H groups in total. The molecule has 0 bridgehead atoms. The second kappa shape index (κ2) is 9.30. The van der Waals surface area contributed by atoms with Gasteiger partial charge in [0.2, 0.25) is 0 Å². The van der Waals surface area contributed by atoms with Crippen LogP contribution >= 0.6 is 0 Å². The van der Waals surface area contributed by atoms with Gasteiger partial charge in [0.15, 0.2) is 0 Å². The fourth-order valence-electron chi connectivity index (χ4n) is 2.59. The summed E-state index contributed by atoms with van der Waals surface area (Å²) in [4.78, 5) is 36.2. The Morgan fingerprint density at radius 2 is 1.72 bits per heavy atom. The molecular formula is C18H19F3N2O6. The lowest BCUT2D eigenvalue weighted by Crippen LogP contribution is -2.51. The minimum atomic E-state index is -4.85. The number of rotatable bonds is 7. The first-order valence-corrected chi connectivity index (χ1v) is 8.65. The second-order valence-corrected chi connectivity index (χ2v) is 5.82. The first kappa shape index (κ1) is 22.1. The van der Waals surface area contributed by atoms with Crippen molar-refractivity contribution in [3.63, 3.8) is 0 Å². The van der Waals surface area contributed by atoms with Gasteiger partial charge < -0.3 is 24.8 Å². The molecule has 11 heteroatoms. The quantitative estimate of drug-likeness (QED) is 0.663. The number of amides is 2.